The van der Waals surface area contributed by atoms with Crippen LogP contribution in [0.4, 0.5) is 4.79 Å². The summed E-state index contributed by atoms with van der Waals surface area (Å²) in [4.78, 5) is 25.1. The van der Waals surface area contributed by atoms with Crippen LogP contribution < -0.4 is 5.32 Å². The first-order chi connectivity index (χ1) is 11.7. The van der Waals surface area contributed by atoms with Crippen molar-refractivity contribution < 1.29 is 24.5 Å². The van der Waals surface area contributed by atoms with Gasteiger partial charge >= 0.3 is 12.0 Å². The summed E-state index contributed by atoms with van der Waals surface area (Å²) in [6.45, 7) is 5.62. The summed E-state index contributed by atoms with van der Waals surface area (Å²) in [6, 6.07) is 7.96. The van der Waals surface area contributed by atoms with Crippen molar-refractivity contribution in [2.75, 3.05) is 26.3 Å². The Labute approximate surface area is 148 Å². The number of urea groups is 1. The molecule has 0 radical (unpaired) electrons. The molecule has 0 heterocycles. The van der Waals surface area contributed by atoms with Crippen molar-refractivity contribution in [1.29, 1.82) is 0 Å². The van der Waals surface area contributed by atoms with Gasteiger partial charge in [-0.2, -0.15) is 0 Å². The smallest absolute Gasteiger partial charge is 0.328 e. The molecule has 0 saturated carbocycles. The molecular formula is C18H28N2O5. The second kappa shape index (κ2) is 10.0. The van der Waals surface area contributed by atoms with Gasteiger partial charge in [-0.3, -0.25) is 0 Å². The largest absolute Gasteiger partial charge is 0.480 e. The number of benzene rings is 1. The van der Waals surface area contributed by atoms with Crippen LogP contribution in [0.3, 0.4) is 0 Å². The molecule has 0 aromatic heterocycles. The molecule has 2 amide bonds. The molecule has 7 heteroatoms. The van der Waals surface area contributed by atoms with Gasteiger partial charge in [0.05, 0.1) is 18.8 Å². The molecule has 140 valence electrons. The monoisotopic (exact) mass is 352 g/mol. The highest BCUT2D eigenvalue weighted by Gasteiger charge is 2.25. The molecule has 0 unspecified atom stereocenters. The van der Waals surface area contributed by atoms with E-state index in [0.717, 1.165) is 5.56 Å². The van der Waals surface area contributed by atoms with E-state index in [1.807, 2.05) is 51.1 Å². The van der Waals surface area contributed by atoms with Gasteiger partial charge in [0.2, 0.25) is 0 Å². The lowest BCUT2D eigenvalue weighted by atomic mass is 10.1. The summed E-state index contributed by atoms with van der Waals surface area (Å²) >= 11 is 0. The maximum absolute atomic E-state index is 12.4. The van der Waals surface area contributed by atoms with E-state index in [1.165, 1.54) is 4.90 Å². The minimum absolute atomic E-state index is 0.129. The summed E-state index contributed by atoms with van der Waals surface area (Å²) in [7, 11) is 0. The number of nitrogens with one attached hydrogen (secondary N) is 1. The molecule has 1 aromatic rings. The number of aliphatic hydroxyl groups is 1. The zero-order chi connectivity index (χ0) is 18.9. The normalized spacial score (nSPS) is 12.5. The van der Waals surface area contributed by atoms with Crippen LogP contribution in [0.15, 0.2) is 30.3 Å². The van der Waals surface area contributed by atoms with E-state index in [4.69, 9.17) is 4.74 Å². The fraction of sp³-hybridized carbons (Fsp3) is 0.556. The van der Waals surface area contributed by atoms with E-state index < -0.39 is 23.6 Å². The lowest BCUT2D eigenvalue weighted by molar-refractivity contribution is -0.142. The Bertz CT molecular complexity index is 542. The van der Waals surface area contributed by atoms with Gasteiger partial charge in [0.15, 0.2) is 6.04 Å². The first kappa shape index (κ1) is 20.9. The van der Waals surface area contributed by atoms with Crippen LogP contribution in [-0.4, -0.2) is 65.1 Å². The minimum atomic E-state index is -1.16. The van der Waals surface area contributed by atoms with Crippen molar-refractivity contribution in [2.45, 2.75) is 38.8 Å². The third-order valence-electron chi connectivity index (χ3n) is 3.45. The predicted octanol–water partition coefficient (Wildman–Crippen LogP) is 1.50. The predicted molar refractivity (Wildman–Crippen MR) is 94.5 cm³/mol. The van der Waals surface area contributed by atoms with Gasteiger partial charge in [0.25, 0.3) is 0 Å². The number of aliphatic hydroxyl groups excluding tert-OH is 1. The summed E-state index contributed by atoms with van der Waals surface area (Å²) in [6.07, 6.45) is 0.616. The maximum Gasteiger partial charge on any atom is 0.328 e. The van der Waals surface area contributed by atoms with Gasteiger partial charge < -0.3 is 25.2 Å². The molecule has 25 heavy (non-hydrogen) atoms. The van der Waals surface area contributed by atoms with Crippen molar-refractivity contribution >= 4 is 12.0 Å². The Morgan fingerprint density at radius 3 is 2.36 bits per heavy atom. The molecule has 0 aliphatic heterocycles. The molecule has 7 nitrogen and oxygen atoms in total. The molecule has 0 saturated heterocycles. The lowest BCUT2D eigenvalue weighted by Gasteiger charge is -2.26. The summed E-state index contributed by atoms with van der Waals surface area (Å²) in [5.74, 6) is -1.16. The number of aliphatic carboxylic acids is 1. The molecule has 0 fully saturated rings. The molecule has 3 N–H and O–H groups in total. The van der Waals surface area contributed by atoms with E-state index in [2.05, 4.69) is 5.32 Å². The SMILES string of the molecule is CC(C)(C)OC[C@H](NC(=O)N(CCO)CCc1ccccc1)C(=O)O. The summed E-state index contributed by atoms with van der Waals surface area (Å²) < 4.78 is 5.46. The van der Waals surface area contributed by atoms with Crippen molar-refractivity contribution in [3.05, 3.63) is 35.9 Å². The fourth-order valence-corrected chi connectivity index (χ4v) is 2.09. The lowest BCUT2D eigenvalue weighted by Crippen LogP contribution is -2.51. The molecule has 0 spiro atoms. The van der Waals surface area contributed by atoms with Gasteiger partial charge in [-0.1, -0.05) is 30.3 Å². The Kier molecular flexibility index (Phi) is 8.37. The first-order valence-corrected chi connectivity index (χ1v) is 8.30. The average Bonchev–Trinajstić information content (AvgIpc) is 2.54. The fourth-order valence-electron chi connectivity index (χ4n) is 2.09. The quantitative estimate of drug-likeness (QED) is 0.625. The second-order valence-corrected chi connectivity index (χ2v) is 6.71. The van der Waals surface area contributed by atoms with Crippen molar-refractivity contribution in [2.24, 2.45) is 0 Å². The third-order valence-corrected chi connectivity index (χ3v) is 3.45. The van der Waals surface area contributed by atoms with Crippen LogP contribution in [0.1, 0.15) is 26.3 Å². The Balaban J connectivity index is 2.64. The number of carboxylic acids is 1. The van der Waals surface area contributed by atoms with E-state index in [1.54, 1.807) is 0 Å². The molecule has 1 atom stereocenters. The number of ether oxygens (including phenoxy) is 1. The molecule has 0 aliphatic carbocycles. The third kappa shape index (κ3) is 8.51. The Morgan fingerprint density at radius 2 is 1.84 bits per heavy atom. The van der Waals surface area contributed by atoms with Crippen molar-refractivity contribution in [1.82, 2.24) is 10.2 Å². The number of hydrogen-bond acceptors (Lipinski definition) is 4. The van der Waals surface area contributed by atoms with E-state index >= 15 is 0 Å². The Morgan fingerprint density at radius 1 is 1.20 bits per heavy atom. The van der Waals surface area contributed by atoms with Crippen molar-refractivity contribution in [3.8, 4) is 0 Å². The van der Waals surface area contributed by atoms with Crippen LogP contribution in [-0.2, 0) is 16.0 Å². The number of rotatable bonds is 9. The van der Waals surface area contributed by atoms with Crippen LogP contribution in [0.2, 0.25) is 0 Å². The molecule has 0 bridgehead atoms. The highest BCUT2D eigenvalue weighted by molar-refractivity contribution is 5.82. The van der Waals surface area contributed by atoms with Crippen LogP contribution in [0.25, 0.3) is 0 Å². The topological polar surface area (TPSA) is 99.1 Å². The van der Waals surface area contributed by atoms with Crippen LogP contribution >= 0.6 is 0 Å². The summed E-state index contributed by atoms with van der Waals surface area (Å²) in [5.41, 5.74) is 0.556. The average molecular weight is 352 g/mol. The van der Waals surface area contributed by atoms with E-state index in [-0.39, 0.29) is 19.8 Å². The van der Waals surface area contributed by atoms with Crippen molar-refractivity contribution in [3.63, 3.8) is 0 Å². The van der Waals surface area contributed by atoms with Gasteiger partial charge in [-0.05, 0) is 32.8 Å². The molecule has 1 rings (SSSR count). The highest BCUT2D eigenvalue weighted by Crippen LogP contribution is 2.08. The van der Waals surface area contributed by atoms with Crippen LogP contribution in [0, 0.1) is 0 Å². The number of amides is 2. The zero-order valence-corrected chi connectivity index (χ0v) is 15.1. The van der Waals surface area contributed by atoms with Crippen LogP contribution in [0.5, 0.6) is 0 Å². The minimum Gasteiger partial charge on any atom is -0.480 e. The summed E-state index contributed by atoms with van der Waals surface area (Å²) in [5, 5.41) is 20.9. The second-order valence-electron chi connectivity index (χ2n) is 6.71. The number of hydrogen-bond donors (Lipinski definition) is 3. The standard InChI is InChI=1S/C18H28N2O5/c1-18(2,3)25-13-15(16(22)23)19-17(24)20(11-12-21)10-9-14-7-5-4-6-8-14/h4-8,15,21H,9-13H2,1-3H3,(H,19,24)(H,22,23)/t15-/m0/s1. The van der Waals surface area contributed by atoms with Gasteiger partial charge in [0.1, 0.15) is 0 Å². The molecule has 0 aliphatic rings. The number of carbonyl (C=O) groups excluding carboxylic acids is 1. The van der Waals surface area contributed by atoms with E-state index in [9.17, 15) is 19.8 Å². The maximum atomic E-state index is 12.4. The highest BCUT2D eigenvalue weighted by atomic mass is 16.5. The number of nitrogens with zero attached hydrogens (tertiary/aromatic N) is 1. The molecular weight excluding hydrogens is 324 g/mol. The number of carbonyl (C=O) groups is 2. The van der Waals surface area contributed by atoms with Gasteiger partial charge in [-0.15, -0.1) is 0 Å². The zero-order valence-electron chi connectivity index (χ0n) is 15.1. The number of carboxylic acid groups (broad SMARTS) is 1. The molecule has 1 aromatic carbocycles. The first-order valence-electron chi connectivity index (χ1n) is 8.30. The van der Waals surface area contributed by atoms with Gasteiger partial charge in [-0.25, -0.2) is 9.59 Å². The van der Waals surface area contributed by atoms with Gasteiger partial charge in [0, 0.05) is 13.1 Å². The van der Waals surface area contributed by atoms with E-state index in [0.29, 0.717) is 13.0 Å². The Hall–Kier alpha value is -2.12.